The SMILES string of the molecule is NCc1c(OC(F)(F)F)ccc(N)c1Br. The molecule has 0 bridgehead atoms. The highest BCUT2D eigenvalue weighted by Gasteiger charge is 2.32. The average molecular weight is 285 g/mol. The van der Waals surface area contributed by atoms with Gasteiger partial charge in [0.05, 0.1) is 0 Å². The Morgan fingerprint density at radius 2 is 1.93 bits per heavy atom. The van der Waals surface area contributed by atoms with Crippen molar-refractivity contribution in [2.24, 2.45) is 5.73 Å². The van der Waals surface area contributed by atoms with E-state index in [1.54, 1.807) is 0 Å². The van der Waals surface area contributed by atoms with Crippen LogP contribution < -0.4 is 16.2 Å². The Morgan fingerprint density at radius 1 is 1.33 bits per heavy atom. The van der Waals surface area contributed by atoms with Gasteiger partial charge in [-0.2, -0.15) is 0 Å². The van der Waals surface area contributed by atoms with Crippen LogP contribution >= 0.6 is 15.9 Å². The van der Waals surface area contributed by atoms with E-state index in [0.29, 0.717) is 10.2 Å². The lowest BCUT2D eigenvalue weighted by Gasteiger charge is -2.14. The number of ether oxygens (including phenoxy) is 1. The van der Waals surface area contributed by atoms with E-state index in [9.17, 15) is 13.2 Å². The molecule has 0 unspecified atom stereocenters. The molecule has 0 aliphatic rings. The fourth-order valence-corrected chi connectivity index (χ4v) is 1.52. The van der Waals surface area contributed by atoms with Crippen molar-refractivity contribution in [1.82, 2.24) is 0 Å². The first-order valence-corrected chi connectivity index (χ1v) is 4.67. The molecule has 3 nitrogen and oxygen atoms in total. The summed E-state index contributed by atoms with van der Waals surface area (Å²) in [5.74, 6) is -0.342. The van der Waals surface area contributed by atoms with Crippen molar-refractivity contribution in [2.75, 3.05) is 5.73 Å². The molecule has 0 atom stereocenters. The van der Waals surface area contributed by atoms with Crippen molar-refractivity contribution in [3.8, 4) is 5.75 Å². The smallest absolute Gasteiger partial charge is 0.405 e. The predicted octanol–water partition coefficient (Wildman–Crippen LogP) is 2.39. The zero-order valence-corrected chi connectivity index (χ0v) is 9.02. The Kier molecular flexibility index (Phi) is 3.46. The summed E-state index contributed by atoms with van der Waals surface area (Å²) < 4.78 is 40.1. The van der Waals surface area contributed by atoms with Gasteiger partial charge >= 0.3 is 6.36 Å². The molecule has 0 saturated carbocycles. The lowest BCUT2D eigenvalue weighted by molar-refractivity contribution is -0.274. The number of rotatable bonds is 2. The molecule has 84 valence electrons. The van der Waals surface area contributed by atoms with E-state index in [2.05, 4.69) is 20.7 Å². The van der Waals surface area contributed by atoms with Gasteiger partial charge in [0.25, 0.3) is 0 Å². The molecule has 1 rings (SSSR count). The Hall–Kier alpha value is -0.950. The number of nitrogens with two attached hydrogens (primary N) is 2. The number of anilines is 1. The standard InChI is InChI=1S/C8H8BrF3N2O/c9-7-4(3-13)6(2-1-5(7)14)15-8(10,11)12/h1-2H,3,13-14H2. The summed E-state index contributed by atoms with van der Waals surface area (Å²) in [6.07, 6.45) is -4.74. The molecule has 0 aromatic heterocycles. The van der Waals surface area contributed by atoms with Gasteiger partial charge in [0.2, 0.25) is 0 Å². The third kappa shape index (κ3) is 3.00. The third-order valence-corrected chi connectivity index (χ3v) is 2.60. The molecular weight excluding hydrogens is 277 g/mol. The average Bonchev–Trinajstić information content (AvgIpc) is 2.10. The Balaban J connectivity index is 3.14. The summed E-state index contributed by atoms with van der Waals surface area (Å²) in [5.41, 5.74) is 11.3. The molecule has 0 aliphatic heterocycles. The fraction of sp³-hybridized carbons (Fsp3) is 0.250. The van der Waals surface area contributed by atoms with Crippen LogP contribution in [-0.2, 0) is 6.54 Å². The van der Waals surface area contributed by atoms with E-state index in [-0.39, 0.29) is 17.9 Å². The number of hydrogen-bond donors (Lipinski definition) is 2. The van der Waals surface area contributed by atoms with E-state index in [1.165, 1.54) is 6.07 Å². The van der Waals surface area contributed by atoms with Gasteiger partial charge in [-0.05, 0) is 28.1 Å². The van der Waals surface area contributed by atoms with E-state index < -0.39 is 6.36 Å². The quantitative estimate of drug-likeness (QED) is 0.820. The zero-order valence-electron chi connectivity index (χ0n) is 7.44. The van der Waals surface area contributed by atoms with Crippen LogP contribution in [-0.4, -0.2) is 6.36 Å². The third-order valence-electron chi connectivity index (χ3n) is 1.66. The summed E-state index contributed by atoms with van der Waals surface area (Å²) in [6.45, 7) is -0.100. The maximum atomic E-state index is 12.0. The molecule has 15 heavy (non-hydrogen) atoms. The molecule has 0 aliphatic carbocycles. The first-order chi connectivity index (χ1) is 6.85. The van der Waals surface area contributed by atoms with Crippen molar-refractivity contribution in [3.05, 3.63) is 22.2 Å². The number of nitrogen functional groups attached to an aromatic ring is 1. The molecule has 0 spiro atoms. The van der Waals surface area contributed by atoms with Crippen LogP contribution in [0.25, 0.3) is 0 Å². The molecule has 4 N–H and O–H groups in total. The number of alkyl halides is 3. The zero-order chi connectivity index (χ0) is 11.6. The number of halogens is 4. The second-order valence-electron chi connectivity index (χ2n) is 2.70. The van der Waals surface area contributed by atoms with Gasteiger partial charge in [0.1, 0.15) is 5.75 Å². The highest BCUT2D eigenvalue weighted by Crippen LogP contribution is 2.34. The van der Waals surface area contributed by atoms with Gasteiger partial charge < -0.3 is 16.2 Å². The van der Waals surface area contributed by atoms with Gasteiger partial charge in [0, 0.05) is 22.3 Å². The fourth-order valence-electron chi connectivity index (χ4n) is 1.03. The summed E-state index contributed by atoms with van der Waals surface area (Å²) in [7, 11) is 0. The second-order valence-corrected chi connectivity index (χ2v) is 3.49. The van der Waals surface area contributed by atoms with Gasteiger partial charge in [-0.3, -0.25) is 0 Å². The maximum absolute atomic E-state index is 12.0. The number of benzene rings is 1. The molecule has 0 radical (unpaired) electrons. The Bertz CT molecular complexity index is 368. The van der Waals surface area contributed by atoms with E-state index in [4.69, 9.17) is 11.5 Å². The van der Waals surface area contributed by atoms with Crippen LogP contribution in [0.2, 0.25) is 0 Å². The molecule has 0 heterocycles. The van der Waals surface area contributed by atoms with Crippen LogP contribution in [0.1, 0.15) is 5.56 Å². The van der Waals surface area contributed by atoms with Crippen LogP contribution in [0.3, 0.4) is 0 Å². The van der Waals surface area contributed by atoms with Crippen LogP contribution in [0.15, 0.2) is 16.6 Å². The Morgan fingerprint density at radius 3 is 2.40 bits per heavy atom. The molecule has 0 saturated heterocycles. The van der Waals surface area contributed by atoms with Crippen molar-refractivity contribution in [1.29, 1.82) is 0 Å². The van der Waals surface area contributed by atoms with Crippen LogP contribution in [0.4, 0.5) is 18.9 Å². The lowest BCUT2D eigenvalue weighted by atomic mass is 10.2. The van der Waals surface area contributed by atoms with Crippen molar-refractivity contribution >= 4 is 21.6 Å². The van der Waals surface area contributed by atoms with Crippen molar-refractivity contribution < 1.29 is 17.9 Å². The topological polar surface area (TPSA) is 61.3 Å². The minimum Gasteiger partial charge on any atom is -0.405 e. The normalized spacial score (nSPS) is 11.5. The summed E-state index contributed by atoms with van der Waals surface area (Å²) in [5, 5.41) is 0. The van der Waals surface area contributed by atoms with Crippen molar-refractivity contribution in [3.63, 3.8) is 0 Å². The lowest BCUT2D eigenvalue weighted by Crippen LogP contribution is -2.19. The largest absolute Gasteiger partial charge is 0.573 e. The minimum atomic E-state index is -4.74. The summed E-state index contributed by atoms with van der Waals surface area (Å²) in [4.78, 5) is 0. The van der Waals surface area contributed by atoms with Crippen LogP contribution in [0, 0.1) is 0 Å². The van der Waals surface area contributed by atoms with E-state index in [0.717, 1.165) is 6.07 Å². The molecule has 1 aromatic carbocycles. The van der Waals surface area contributed by atoms with Gasteiger partial charge in [-0.15, -0.1) is 13.2 Å². The Labute approximate surface area is 92.3 Å². The maximum Gasteiger partial charge on any atom is 0.573 e. The molecule has 0 amide bonds. The summed E-state index contributed by atoms with van der Waals surface area (Å²) in [6, 6.07) is 2.44. The first-order valence-electron chi connectivity index (χ1n) is 3.88. The van der Waals surface area contributed by atoms with Crippen LogP contribution in [0.5, 0.6) is 5.75 Å². The number of hydrogen-bond acceptors (Lipinski definition) is 3. The monoisotopic (exact) mass is 284 g/mol. The van der Waals surface area contributed by atoms with E-state index in [1.807, 2.05) is 0 Å². The highest BCUT2D eigenvalue weighted by atomic mass is 79.9. The minimum absolute atomic E-state index is 0.100. The first kappa shape index (κ1) is 12.1. The van der Waals surface area contributed by atoms with Gasteiger partial charge in [0.15, 0.2) is 0 Å². The van der Waals surface area contributed by atoms with E-state index >= 15 is 0 Å². The predicted molar refractivity (Wildman–Crippen MR) is 53.1 cm³/mol. The van der Waals surface area contributed by atoms with Crippen molar-refractivity contribution in [2.45, 2.75) is 12.9 Å². The second kappa shape index (κ2) is 4.28. The van der Waals surface area contributed by atoms with Gasteiger partial charge in [-0.25, -0.2) is 0 Å². The van der Waals surface area contributed by atoms with Gasteiger partial charge in [-0.1, -0.05) is 0 Å². The molecule has 7 heteroatoms. The molecular formula is C8H8BrF3N2O. The molecule has 1 aromatic rings. The molecule has 0 fully saturated rings. The highest BCUT2D eigenvalue weighted by molar-refractivity contribution is 9.10. The summed E-state index contributed by atoms with van der Waals surface area (Å²) >= 11 is 3.05.